The molecule has 2 rings (SSSR count). The monoisotopic (exact) mass is 280 g/mol. The number of carbonyl (C=O) groups is 1. The molecule has 0 fully saturated rings. The summed E-state index contributed by atoms with van der Waals surface area (Å²) < 4.78 is 23.8. The minimum atomic E-state index is -3.40. The van der Waals surface area contributed by atoms with Gasteiger partial charge in [0.2, 0.25) is 0 Å². The lowest BCUT2D eigenvalue weighted by molar-refractivity contribution is 0.102. The Bertz CT molecular complexity index is 614. The van der Waals surface area contributed by atoms with E-state index in [4.69, 9.17) is 0 Å². The summed E-state index contributed by atoms with van der Waals surface area (Å²) in [5.74, 6) is -0.853. The highest BCUT2D eigenvalue weighted by atomic mass is 32.2. The van der Waals surface area contributed by atoms with Gasteiger partial charge in [0.25, 0.3) is 0 Å². The number of sulfone groups is 1. The second kappa shape index (κ2) is 5.46. The smallest absolute Gasteiger partial charge is 0.187 e. The first kappa shape index (κ1) is 13.0. The van der Waals surface area contributed by atoms with Crippen molar-refractivity contribution < 1.29 is 13.2 Å². The van der Waals surface area contributed by atoms with Gasteiger partial charge in [0.15, 0.2) is 15.6 Å². The Morgan fingerprint density at radius 2 is 1.78 bits per heavy atom. The Morgan fingerprint density at radius 3 is 2.39 bits per heavy atom. The van der Waals surface area contributed by atoms with E-state index in [0.717, 1.165) is 0 Å². The molecule has 0 amide bonds. The van der Waals surface area contributed by atoms with Crippen molar-refractivity contribution >= 4 is 27.0 Å². The normalized spacial score (nSPS) is 11.3. The van der Waals surface area contributed by atoms with Gasteiger partial charge < -0.3 is 0 Å². The van der Waals surface area contributed by atoms with Crippen LogP contribution in [0.3, 0.4) is 0 Å². The van der Waals surface area contributed by atoms with Crippen molar-refractivity contribution in [1.82, 2.24) is 0 Å². The number of rotatable bonds is 5. The summed E-state index contributed by atoms with van der Waals surface area (Å²) in [5.41, 5.74) is 0.705. The molecule has 1 aromatic heterocycles. The molecule has 0 aliphatic rings. The summed E-state index contributed by atoms with van der Waals surface area (Å²) in [6.07, 6.45) is 0. The third kappa shape index (κ3) is 3.51. The van der Waals surface area contributed by atoms with Gasteiger partial charge in [-0.25, -0.2) is 8.42 Å². The predicted molar refractivity (Wildman–Crippen MR) is 72.6 cm³/mol. The van der Waals surface area contributed by atoms with Crippen LogP contribution >= 0.6 is 11.3 Å². The van der Waals surface area contributed by atoms with E-state index < -0.39 is 15.6 Å². The standard InChI is InChI=1S/C13H12O3S2/c14-12(13-7-4-8-17-13)10-18(15,16)9-11-5-2-1-3-6-11/h1-8H,9-10H2. The molecule has 0 saturated heterocycles. The molecule has 0 aliphatic heterocycles. The zero-order chi connectivity index (χ0) is 13.0. The summed E-state index contributed by atoms with van der Waals surface area (Å²) >= 11 is 1.26. The third-order valence-electron chi connectivity index (χ3n) is 2.38. The molecule has 0 aliphatic carbocycles. The highest BCUT2D eigenvalue weighted by Crippen LogP contribution is 2.13. The maximum atomic E-state index is 11.9. The zero-order valence-corrected chi connectivity index (χ0v) is 11.2. The van der Waals surface area contributed by atoms with Crippen LogP contribution in [0.15, 0.2) is 47.8 Å². The highest BCUT2D eigenvalue weighted by Gasteiger charge is 2.19. The molecule has 0 atom stereocenters. The molecule has 1 aromatic carbocycles. The fourth-order valence-electron chi connectivity index (χ4n) is 1.59. The van der Waals surface area contributed by atoms with Gasteiger partial charge in [0.1, 0.15) is 5.75 Å². The maximum absolute atomic E-state index is 11.9. The summed E-state index contributed by atoms with van der Waals surface area (Å²) in [4.78, 5) is 12.2. The number of benzene rings is 1. The van der Waals surface area contributed by atoms with Crippen LogP contribution in [0.25, 0.3) is 0 Å². The first-order valence-corrected chi connectivity index (χ1v) is 8.08. The number of thiophene rings is 1. The van der Waals surface area contributed by atoms with Crippen LogP contribution in [0, 0.1) is 0 Å². The van der Waals surface area contributed by atoms with Crippen molar-refractivity contribution in [3.05, 3.63) is 58.3 Å². The molecule has 0 bridgehead atoms. The SMILES string of the molecule is O=C(CS(=O)(=O)Cc1ccccc1)c1cccs1. The summed E-state index contributed by atoms with van der Waals surface area (Å²) in [5, 5.41) is 1.76. The number of carbonyl (C=O) groups excluding carboxylic acids is 1. The van der Waals surface area contributed by atoms with Crippen molar-refractivity contribution in [2.45, 2.75) is 5.75 Å². The zero-order valence-electron chi connectivity index (χ0n) is 9.57. The quantitative estimate of drug-likeness (QED) is 0.791. The molecular formula is C13H12O3S2. The van der Waals surface area contributed by atoms with Crippen LogP contribution in [0.4, 0.5) is 0 Å². The van der Waals surface area contributed by atoms with Gasteiger partial charge in [-0.1, -0.05) is 36.4 Å². The van der Waals surface area contributed by atoms with E-state index in [0.29, 0.717) is 10.4 Å². The van der Waals surface area contributed by atoms with E-state index >= 15 is 0 Å². The first-order chi connectivity index (χ1) is 8.57. The second-order valence-corrected chi connectivity index (χ2v) is 6.93. The highest BCUT2D eigenvalue weighted by molar-refractivity contribution is 7.91. The molecule has 3 nitrogen and oxygen atoms in total. The molecule has 0 saturated carbocycles. The largest absolute Gasteiger partial charge is 0.292 e. The van der Waals surface area contributed by atoms with Crippen LogP contribution in [0.5, 0.6) is 0 Å². The fraction of sp³-hybridized carbons (Fsp3) is 0.154. The molecule has 0 spiro atoms. The molecule has 94 valence electrons. The van der Waals surface area contributed by atoms with Gasteiger partial charge in [0.05, 0.1) is 10.6 Å². The van der Waals surface area contributed by atoms with E-state index in [2.05, 4.69) is 0 Å². The van der Waals surface area contributed by atoms with Crippen LogP contribution in [-0.2, 0) is 15.6 Å². The number of Topliss-reactive ketones (excluding diaryl/α,β-unsaturated/α-hetero) is 1. The van der Waals surface area contributed by atoms with Gasteiger partial charge in [0, 0.05) is 0 Å². The van der Waals surface area contributed by atoms with Crippen LogP contribution in [-0.4, -0.2) is 20.0 Å². The average molecular weight is 280 g/mol. The number of hydrogen-bond acceptors (Lipinski definition) is 4. The third-order valence-corrected chi connectivity index (χ3v) is 4.76. The average Bonchev–Trinajstić information content (AvgIpc) is 2.82. The molecule has 0 N–H and O–H groups in total. The van der Waals surface area contributed by atoms with Crippen molar-refractivity contribution in [2.24, 2.45) is 0 Å². The van der Waals surface area contributed by atoms with E-state index in [1.807, 2.05) is 6.07 Å². The Balaban J connectivity index is 2.07. The maximum Gasteiger partial charge on any atom is 0.187 e. The molecule has 0 radical (unpaired) electrons. The van der Waals surface area contributed by atoms with Crippen LogP contribution in [0.1, 0.15) is 15.2 Å². The van der Waals surface area contributed by atoms with Gasteiger partial charge in [-0.15, -0.1) is 11.3 Å². The lowest BCUT2D eigenvalue weighted by atomic mass is 10.2. The molecule has 5 heteroatoms. The topological polar surface area (TPSA) is 51.2 Å². The van der Waals surface area contributed by atoms with Crippen molar-refractivity contribution in [1.29, 1.82) is 0 Å². The van der Waals surface area contributed by atoms with E-state index in [1.54, 1.807) is 41.8 Å². The summed E-state index contributed by atoms with van der Waals surface area (Å²) in [6, 6.07) is 12.3. The van der Waals surface area contributed by atoms with Crippen molar-refractivity contribution in [3.63, 3.8) is 0 Å². The number of ketones is 1. The Labute approximate surface area is 110 Å². The lowest BCUT2D eigenvalue weighted by Gasteiger charge is -2.03. The van der Waals surface area contributed by atoms with E-state index in [-0.39, 0.29) is 11.5 Å². The minimum absolute atomic E-state index is 0.0923. The fourth-order valence-corrected chi connectivity index (χ4v) is 3.70. The first-order valence-electron chi connectivity index (χ1n) is 5.38. The summed E-state index contributed by atoms with van der Waals surface area (Å²) in [7, 11) is -3.40. The summed E-state index contributed by atoms with van der Waals surface area (Å²) in [6.45, 7) is 0. The predicted octanol–water partition coefficient (Wildman–Crippen LogP) is 2.55. The Morgan fingerprint density at radius 1 is 1.06 bits per heavy atom. The Hall–Kier alpha value is -1.46. The van der Waals surface area contributed by atoms with Gasteiger partial charge in [-0.05, 0) is 17.0 Å². The van der Waals surface area contributed by atoms with E-state index in [9.17, 15) is 13.2 Å². The van der Waals surface area contributed by atoms with Crippen LogP contribution in [0.2, 0.25) is 0 Å². The minimum Gasteiger partial charge on any atom is -0.292 e. The van der Waals surface area contributed by atoms with Crippen molar-refractivity contribution in [3.8, 4) is 0 Å². The second-order valence-electron chi connectivity index (χ2n) is 3.92. The van der Waals surface area contributed by atoms with Gasteiger partial charge >= 0.3 is 0 Å². The van der Waals surface area contributed by atoms with Gasteiger partial charge in [-0.3, -0.25) is 4.79 Å². The molecule has 2 aromatic rings. The molecular weight excluding hydrogens is 268 g/mol. The number of hydrogen-bond donors (Lipinski definition) is 0. The van der Waals surface area contributed by atoms with E-state index in [1.165, 1.54) is 11.3 Å². The molecule has 1 heterocycles. The molecule has 18 heavy (non-hydrogen) atoms. The Kier molecular flexibility index (Phi) is 3.93. The lowest BCUT2D eigenvalue weighted by Crippen LogP contribution is -2.17. The molecule has 0 unspecified atom stereocenters. The van der Waals surface area contributed by atoms with Gasteiger partial charge in [-0.2, -0.15) is 0 Å². The van der Waals surface area contributed by atoms with Crippen molar-refractivity contribution in [2.75, 3.05) is 5.75 Å². The van der Waals surface area contributed by atoms with Crippen LogP contribution < -0.4 is 0 Å².